The number of fused-ring (bicyclic) bond motifs is 1. The van der Waals surface area contributed by atoms with Gasteiger partial charge in [0.25, 0.3) is 11.8 Å². The monoisotopic (exact) mass is 609 g/mol. The van der Waals surface area contributed by atoms with E-state index in [1.165, 1.54) is 16.7 Å². The van der Waals surface area contributed by atoms with Gasteiger partial charge in [-0.2, -0.15) is 0 Å². The highest BCUT2D eigenvalue weighted by atomic mass is 32.2. The van der Waals surface area contributed by atoms with Crippen molar-refractivity contribution in [2.45, 2.75) is 43.5 Å². The second-order valence-electron chi connectivity index (χ2n) is 10.9. The number of aliphatic hydroxyl groups is 1. The first-order chi connectivity index (χ1) is 21.3. The lowest BCUT2D eigenvalue weighted by Crippen LogP contribution is -2.38. The molecule has 0 radical (unpaired) electrons. The molecule has 0 saturated carbocycles. The zero-order valence-corrected chi connectivity index (χ0v) is 24.8. The van der Waals surface area contributed by atoms with Gasteiger partial charge in [-0.15, -0.1) is 11.8 Å². The molecular formula is C35H31NO7S. The number of thioether (sulfide) groups is 1. The molecule has 1 saturated heterocycles. The van der Waals surface area contributed by atoms with Crippen molar-refractivity contribution in [2.24, 2.45) is 5.92 Å². The van der Waals surface area contributed by atoms with Gasteiger partial charge in [-0.3, -0.25) is 14.5 Å². The number of rotatable bonds is 9. The summed E-state index contributed by atoms with van der Waals surface area (Å²) >= 11 is 1.44. The molecular weight excluding hydrogens is 578 g/mol. The molecule has 4 aromatic carbocycles. The van der Waals surface area contributed by atoms with Crippen molar-refractivity contribution in [3.05, 3.63) is 136 Å². The van der Waals surface area contributed by atoms with Crippen molar-refractivity contribution >= 4 is 29.5 Å². The Morgan fingerprint density at radius 3 is 2.02 bits per heavy atom. The summed E-state index contributed by atoms with van der Waals surface area (Å²) in [5, 5.41) is 19.2. The average molecular weight is 610 g/mol. The second kappa shape index (κ2) is 12.8. The Kier molecular flexibility index (Phi) is 8.63. The lowest BCUT2D eigenvalue weighted by atomic mass is 9.91. The van der Waals surface area contributed by atoms with Crippen molar-refractivity contribution in [3.8, 4) is 0 Å². The molecule has 4 atom stereocenters. The molecule has 1 fully saturated rings. The van der Waals surface area contributed by atoms with Crippen molar-refractivity contribution in [2.75, 3.05) is 5.75 Å². The van der Waals surface area contributed by atoms with Gasteiger partial charge in [0, 0.05) is 22.1 Å². The molecule has 8 nitrogen and oxygen atoms in total. The molecule has 0 spiro atoms. The minimum atomic E-state index is -0.977. The van der Waals surface area contributed by atoms with E-state index < -0.39 is 12.3 Å². The lowest BCUT2D eigenvalue weighted by Gasteiger charge is -2.41. The standard InChI is InChI=1S/C35H31NO7S/c1-21-29(20-44-30-9-5-4-8-28(30)34(40)41)42-35(43-31(21)24-14-12-23(19-37)13-15-24)25-16-10-22(11-17-25)18-36-32(38)26-6-2-3-7-27(26)33(36)39/h2-17,21,29,31,35,37H,18-20H2,1H3,(H,40,41)/t21-,29+,31+,35+/m1/s1. The molecule has 224 valence electrons. The normalized spacial score (nSPS) is 21.4. The minimum Gasteiger partial charge on any atom is -0.478 e. The van der Waals surface area contributed by atoms with Crippen LogP contribution in [0, 0.1) is 5.92 Å². The third-order valence-corrected chi connectivity index (χ3v) is 9.28. The number of carboxylic acid groups (broad SMARTS) is 1. The maximum Gasteiger partial charge on any atom is 0.336 e. The Morgan fingerprint density at radius 1 is 0.795 bits per heavy atom. The number of ether oxygens (including phenoxy) is 2. The van der Waals surface area contributed by atoms with Crippen LogP contribution in [-0.2, 0) is 22.6 Å². The third-order valence-electron chi connectivity index (χ3n) is 8.11. The molecule has 0 aliphatic carbocycles. The van der Waals surface area contributed by atoms with Gasteiger partial charge < -0.3 is 19.7 Å². The summed E-state index contributed by atoms with van der Waals surface area (Å²) < 4.78 is 13.0. The zero-order chi connectivity index (χ0) is 30.8. The Labute approximate surface area is 259 Å². The average Bonchev–Trinajstić information content (AvgIpc) is 3.29. The Balaban J connectivity index is 1.22. The molecule has 2 aliphatic rings. The fraction of sp³-hybridized carbons (Fsp3) is 0.229. The summed E-state index contributed by atoms with van der Waals surface area (Å²) in [6, 6.07) is 28.9. The maximum atomic E-state index is 12.8. The van der Waals surface area contributed by atoms with Crippen LogP contribution in [-0.4, -0.2) is 44.8 Å². The number of nitrogens with zero attached hydrogens (tertiary/aromatic N) is 1. The Bertz CT molecular complexity index is 1650. The number of amides is 2. The lowest BCUT2D eigenvalue weighted by molar-refractivity contribution is -0.268. The van der Waals surface area contributed by atoms with E-state index in [4.69, 9.17) is 9.47 Å². The van der Waals surface area contributed by atoms with Crippen LogP contribution >= 0.6 is 11.8 Å². The highest BCUT2D eigenvalue weighted by Gasteiger charge is 2.39. The number of carbonyl (C=O) groups excluding carboxylic acids is 2. The maximum absolute atomic E-state index is 12.8. The van der Waals surface area contributed by atoms with Crippen LogP contribution in [0.2, 0.25) is 0 Å². The van der Waals surface area contributed by atoms with Crippen LogP contribution in [0.4, 0.5) is 0 Å². The molecule has 2 aliphatic heterocycles. The fourth-order valence-electron chi connectivity index (χ4n) is 5.60. The molecule has 4 aromatic rings. The van der Waals surface area contributed by atoms with Gasteiger partial charge >= 0.3 is 5.97 Å². The summed E-state index contributed by atoms with van der Waals surface area (Å²) in [7, 11) is 0. The second-order valence-corrected chi connectivity index (χ2v) is 12.0. The first-order valence-corrected chi connectivity index (χ1v) is 15.3. The van der Waals surface area contributed by atoms with Crippen LogP contribution in [0.1, 0.15) is 72.6 Å². The van der Waals surface area contributed by atoms with E-state index >= 15 is 0 Å². The van der Waals surface area contributed by atoms with E-state index in [-0.39, 0.29) is 48.7 Å². The van der Waals surface area contributed by atoms with Gasteiger partial charge in [-0.1, -0.05) is 79.7 Å². The highest BCUT2D eigenvalue weighted by molar-refractivity contribution is 7.99. The molecule has 2 N–H and O–H groups in total. The van der Waals surface area contributed by atoms with Gasteiger partial charge in [0.2, 0.25) is 0 Å². The van der Waals surface area contributed by atoms with Gasteiger partial charge in [0.05, 0.1) is 42.0 Å². The van der Waals surface area contributed by atoms with Crippen molar-refractivity contribution < 1.29 is 34.1 Å². The van der Waals surface area contributed by atoms with Crippen molar-refractivity contribution in [1.29, 1.82) is 0 Å². The first kappa shape index (κ1) is 29.8. The quantitative estimate of drug-likeness (QED) is 0.169. The van der Waals surface area contributed by atoms with E-state index in [1.54, 1.807) is 42.5 Å². The molecule has 9 heteroatoms. The van der Waals surface area contributed by atoms with Gasteiger partial charge in [-0.05, 0) is 41.0 Å². The Morgan fingerprint density at radius 2 is 1.39 bits per heavy atom. The van der Waals surface area contributed by atoms with E-state index in [9.17, 15) is 24.6 Å². The minimum absolute atomic E-state index is 0.0532. The molecule has 6 rings (SSSR count). The predicted molar refractivity (Wildman–Crippen MR) is 164 cm³/mol. The topological polar surface area (TPSA) is 113 Å². The molecule has 44 heavy (non-hydrogen) atoms. The number of hydrogen-bond donors (Lipinski definition) is 2. The zero-order valence-electron chi connectivity index (χ0n) is 24.0. The van der Waals surface area contributed by atoms with Crippen molar-refractivity contribution in [1.82, 2.24) is 4.90 Å². The summed E-state index contributed by atoms with van der Waals surface area (Å²) in [5.74, 6) is -1.14. The van der Waals surface area contributed by atoms with Gasteiger partial charge in [-0.25, -0.2) is 4.79 Å². The number of hydrogen-bond acceptors (Lipinski definition) is 7. The summed E-state index contributed by atoms with van der Waals surface area (Å²) in [4.78, 5) is 39.4. The molecule has 0 unspecified atom stereocenters. The van der Waals surface area contributed by atoms with Crippen LogP contribution < -0.4 is 0 Å². The number of aliphatic hydroxyl groups excluding tert-OH is 1. The largest absolute Gasteiger partial charge is 0.478 e. The predicted octanol–water partition coefficient (Wildman–Crippen LogP) is 6.26. The van der Waals surface area contributed by atoms with Crippen LogP contribution in [0.25, 0.3) is 0 Å². The summed E-state index contributed by atoms with van der Waals surface area (Å²) in [6.07, 6.45) is -1.30. The number of carbonyl (C=O) groups is 3. The van der Waals surface area contributed by atoms with E-state index in [0.29, 0.717) is 21.8 Å². The molecule has 2 amide bonds. The third kappa shape index (κ3) is 5.92. The fourth-order valence-corrected chi connectivity index (χ4v) is 6.81. The number of aromatic carboxylic acids is 1. The SMILES string of the molecule is C[C@@H]1[C@H](CSc2ccccc2C(=O)O)O[C@H](c2ccc(CN3C(=O)c4ccccc4C3=O)cc2)O[C@@H]1c1ccc(CO)cc1. The van der Waals surface area contributed by atoms with E-state index in [1.807, 2.05) is 54.6 Å². The smallest absolute Gasteiger partial charge is 0.336 e. The molecule has 0 bridgehead atoms. The highest BCUT2D eigenvalue weighted by Crippen LogP contribution is 2.43. The van der Waals surface area contributed by atoms with Crippen LogP contribution in [0.3, 0.4) is 0 Å². The Hall–Kier alpha value is -4.28. The summed E-state index contributed by atoms with van der Waals surface area (Å²) in [6.45, 7) is 2.15. The van der Waals surface area contributed by atoms with Crippen LogP contribution in [0.5, 0.6) is 0 Å². The van der Waals surface area contributed by atoms with Crippen molar-refractivity contribution in [3.63, 3.8) is 0 Å². The summed E-state index contributed by atoms with van der Waals surface area (Å²) in [5.41, 5.74) is 4.41. The van der Waals surface area contributed by atoms with Crippen LogP contribution in [0.15, 0.2) is 102 Å². The molecule has 0 aromatic heterocycles. The van der Waals surface area contributed by atoms with E-state index in [2.05, 4.69) is 6.92 Å². The number of benzene rings is 4. The molecule has 2 heterocycles. The van der Waals surface area contributed by atoms with Gasteiger partial charge in [0.15, 0.2) is 6.29 Å². The number of imide groups is 1. The van der Waals surface area contributed by atoms with Gasteiger partial charge in [0.1, 0.15) is 0 Å². The van der Waals surface area contributed by atoms with E-state index in [0.717, 1.165) is 22.3 Å². The first-order valence-electron chi connectivity index (χ1n) is 14.3. The number of carboxylic acids is 1.